The van der Waals surface area contributed by atoms with E-state index in [0.29, 0.717) is 24.7 Å². The fraction of sp³-hybridized carbons (Fsp3) is 0.500. The predicted molar refractivity (Wildman–Crippen MR) is 144 cm³/mol. The number of ether oxygens (including phenoxy) is 1. The largest absolute Gasteiger partial charge is 0.381 e. The van der Waals surface area contributed by atoms with Crippen molar-refractivity contribution in [1.29, 1.82) is 5.26 Å². The number of hydrogen-bond donors (Lipinski definition) is 0. The third kappa shape index (κ3) is 4.02. The average Bonchev–Trinajstić information content (AvgIpc) is 3.54. The number of likely N-dealkylation sites (N-methyl/N-ethyl adjacent to an activating group) is 1. The minimum Gasteiger partial charge on any atom is -0.381 e. The summed E-state index contributed by atoms with van der Waals surface area (Å²) in [7, 11) is 3.99. The van der Waals surface area contributed by atoms with Crippen molar-refractivity contribution >= 4 is 23.1 Å². The van der Waals surface area contributed by atoms with Crippen LogP contribution in [-0.4, -0.2) is 69.8 Å². The van der Waals surface area contributed by atoms with Gasteiger partial charge in [-0.1, -0.05) is 0 Å². The number of hydrogen-bond acceptors (Lipinski definition) is 7. The molecule has 3 aliphatic rings. The Morgan fingerprint density at radius 3 is 2.66 bits per heavy atom. The van der Waals surface area contributed by atoms with Crippen molar-refractivity contribution in [2.24, 2.45) is 7.05 Å². The molecule has 3 aromatic rings. The molecule has 0 bridgehead atoms. The van der Waals surface area contributed by atoms with Crippen LogP contribution in [0.2, 0.25) is 0 Å². The van der Waals surface area contributed by atoms with Crippen LogP contribution in [0.4, 0.5) is 17.2 Å². The number of carbonyl (C=O) groups excluding carboxylic acids is 1. The fourth-order valence-corrected chi connectivity index (χ4v) is 6.04. The van der Waals surface area contributed by atoms with Gasteiger partial charge in [-0.2, -0.15) is 15.5 Å². The highest BCUT2D eigenvalue weighted by molar-refractivity contribution is 5.87. The Morgan fingerprint density at radius 1 is 1.18 bits per heavy atom. The van der Waals surface area contributed by atoms with Gasteiger partial charge in [0, 0.05) is 88.4 Å². The summed E-state index contributed by atoms with van der Waals surface area (Å²) in [6.45, 7) is 7.33. The highest BCUT2D eigenvalue weighted by Gasteiger charge is 2.36. The number of anilines is 3. The third-order valence-corrected chi connectivity index (χ3v) is 8.33. The molecular weight excluding hydrogens is 480 g/mol. The van der Waals surface area contributed by atoms with E-state index >= 15 is 0 Å². The van der Waals surface area contributed by atoms with Gasteiger partial charge in [0.1, 0.15) is 0 Å². The van der Waals surface area contributed by atoms with Gasteiger partial charge in [-0.15, -0.1) is 0 Å². The van der Waals surface area contributed by atoms with Crippen LogP contribution < -0.4 is 9.80 Å². The number of amides is 1. The molecule has 1 fully saturated rings. The highest BCUT2D eigenvalue weighted by atomic mass is 16.5. The Labute approximate surface area is 223 Å². The van der Waals surface area contributed by atoms with Gasteiger partial charge in [-0.25, -0.2) is 0 Å². The monoisotopic (exact) mass is 514 g/mol. The summed E-state index contributed by atoms with van der Waals surface area (Å²) < 4.78 is 9.62. The van der Waals surface area contributed by atoms with Crippen LogP contribution in [-0.2, 0) is 29.5 Å². The minimum absolute atomic E-state index is 0.0837. The maximum Gasteiger partial charge on any atom is 0.219 e. The number of rotatable bonds is 3. The maximum atomic E-state index is 12.4. The topological polar surface area (TPSA) is 95.5 Å². The molecule has 3 aliphatic heterocycles. The summed E-state index contributed by atoms with van der Waals surface area (Å²) in [5, 5.41) is 19.7. The number of nitriles is 1. The first-order valence-electron chi connectivity index (χ1n) is 13.4. The lowest BCUT2D eigenvalue weighted by Crippen LogP contribution is -2.44. The van der Waals surface area contributed by atoms with Crippen molar-refractivity contribution in [3.8, 4) is 17.2 Å². The Hall–Kier alpha value is -3.84. The van der Waals surface area contributed by atoms with Crippen molar-refractivity contribution in [3.63, 3.8) is 0 Å². The Balaban J connectivity index is 1.51. The van der Waals surface area contributed by atoms with Gasteiger partial charge in [-0.3, -0.25) is 14.2 Å². The summed E-state index contributed by atoms with van der Waals surface area (Å²) in [6, 6.07) is 7.03. The van der Waals surface area contributed by atoms with Crippen LogP contribution in [0.3, 0.4) is 0 Å². The van der Waals surface area contributed by atoms with Crippen molar-refractivity contribution in [2.75, 3.05) is 43.2 Å². The predicted octanol–water partition coefficient (Wildman–Crippen LogP) is 3.39. The van der Waals surface area contributed by atoms with Crippen molar-refractivity contribution < 1.29 is 9.53 Å². The molecule has 38 heavy (non-hydrogen) atoms. The van der Waals surface area contributed by atoms with E-state index in [9.17, 15) is 10.1 Å². The molecule has 1 atom stereocenters. The molecule has 0 saturated carbocycles. The second-order valence-corrected chi connectivity index (χ2v) is 10.7. The van der Waals surface area contributed by atoms with Gasteiger partial charge in [-0.05, 0) is 31.9 Å². The van der Waals surface area contributed by atoms with E-state index < -0.39 is 0 Å². The molecule has 1 amide bonds. The molecule has 2 aromatic heterocycles. The van der Waals surface area contributed by atoms with E-state index in [4.69, 9.17) is 9.84 Å². The first-order chi connectivity index (χ1) is 18.4. The first-order valence-corrected chi connectivity index (χ1v) is 13.4. The molecule has 10 heteroatoms. The quantitative estimate of drug-likeness (QED) is 0.529. The lowest BCUT2D eigenvalue weighted by molar-refractivity contribution is -0.129. The molecule has 0 N–H and O–H groups in total. The maximum absolute atomic E-state index is 12.4. The molecule has 10 nitrogen and oxygen atoms in total. The van der Waals surface area contributed by atoms with Crippen molar-refractivity contribution in [2.45, 2.75) is 51.7 Å². The number of nitrogens with zero attached hydrogens (tertiary/aromatic N) is 8. The third-order valence-electron chi connectivity index (χ3n) is 8.33. The highest BCUT2D eigenvalue weighted by Crippen LogP contribution is 2.45. The van der Waals surface area contributed by atoms with Gasteiger partial charge in [0.05, 0.1) is 41.8 Å². The molecule has 6 rings (SSSR count). The van der Waals surface area contributed by atoms with E-state index in [1.807, 2.05) is 24.2 Å². The summed E-state index contributed by atoms with van der Waals surface area (Å²) >= 11 is 0. The summed E-state index contributed by atoms with van der Waals surface area (Å²) in [6.07, 6.45) is 6.40. The van der Waals surface area contributed by atoms with E-state index in [1.54, 1.807) is 17.8 Å². The van der Waals surface area contributed by atoms with Crippen LogP contribution in [0.5, 0.6) is 0 Å². The molecular formula is C28H34N8O2. The van der Waals surface area contributed by atoms with Gasteiger partial charge in [0.2, 0.25) is 5.91 Å². The molecule has 198 valence electrons. The number of aromatic nitrogens is 4. The Kier molecular flexibility index (Phi) is 6.11. The van der Waals surface area contributed by atoms with E-state index in [-0.39, 0.29) is 11.9 Å². The molecule has 0 radical (unpaired) electrons. The molecule has 1 aromatic carbocycles. The number of benzene rings is 1. The summed E-state index contributed by atoms with van der Waals surface area (Å²) in [5.41, 5.74) is 6.76. The normalized spacial score (nSPS) is 19.8. The van der Waals surface area contributed by atoms with Crippen LogP contribution in [0.25, 0.3) is 11.1 Å². The molecule has 0 unspecified atom stereocenters. The SMILES string of the molecule is CC(=O)N1CCc2c(c(N3C[C@@H](C)N(C)c4cc(-c5cnn(C)c5)c(C#N)cc43)nn2C2CCOCC2)C1. The summed E-state index contributed by atoms with van der Waals surface area (Å²) in [5.74, 6) is 0.983. The standard InChI is InChI=1S/C28H34N8O2/c1-18-15-35(27-11-20(13-29)23(12-26(27)33(18)4)21-14-30-32(3)16-21)28-24-17-34(19(2)37)8-5-25(24)36(31-28)22-6-9-38-10-7-22/h11-12,14,16,18,22H,5-10,15,17H2,1-4H3/t18-/m1/s1. The van der Waals surface area contributed by atoms with E-state index in [2.05, 4.69) is 45.7 Å². The van der Waals surface area contributed by atoms with E-state index in [0.717, 1.165) is 72.9 Å². The van der Waals surface area contributed by atoms with E-state index in [1.165, 1.54) is 5.69 Å². The number of carbonyl (C=O) groups is 1. The van der Waals surface area contributed by atoms with Crippen molar-refractivity contribution in [3.05, 3.63) is 41.3 Å². The number of aryl methyl sites for hydroxylation is 1. The average molecular weight is 515 g/mol. The van der Waals surface area contributed by atoms with Crippen LogP contribution in [0, 0.1) is 11.3 Å². The second-order valence-electron chi connectivity index (χ2n) is 10.7. The Morgan fingerprint density at radius 2 is 1.97 bits per heavy atom. The van der Waals surface area contributed by atoms with Crippen molar-refractivity contribution in [1.82, 2.24) is 24.5 Å². The zero-order valence-corrected chi connectivity index (χ0v) is 22.5. The second kappa shape index (κ2) is 9.48. The van der Waals surface area contributed by atoms with Gasteiger partial charge in [0.15, 0.2) is 5.82 Å². The van der Waals surface area contributed by atoms with Crippen LogP contribution in [0.15, 0.2) is 24.5 Å². The zero-order chi connectivity index (χ0) is 26.6. The zero-order valence-electron chi connectivity index (χ0n) is 22.5. The number of fused-ring (bicyclic) bond motifs is 2. The summed E-state index contributed by atoms with van der Waals surface area (Å²) in [4.78, 5) is 18.8. The van der Waals surface area contributed by atoms with Gasteiger partial charge < -0.3 is 19.4 Å². The Bertz CT molecular complexity index is 1430. The first kappa shape index (κ1) is 24.5. The van der Waals surface area contributed by atoms with Crippen LogP contribution >= 0.6 is 0 Å². The van der Waals surface area contributed by atoms with Gasteiger partial charge in [0.25, 0.3) is 0 Å². The van der Waals surface area contributed by atoms with Crippen LogP contribution in [0.1, 0.15) is 49.6 Å². The van der Waals surface area contributed by atoms with Gasteiger partial charge >= 0.3 is 0 Å². The molecule has 0 aliphatic carbocycles. The smallest absolute Gasteiger partial charge is 0.219 e. The molecule has 1 saturated heterocycles. The minimum atomic E-state index is 0.0837. The lowest BCUT2D eigenvalue weighted by atomic mass is 9.97. The molecule has 0 spiro atoms. The molecule has 5 heterocycles. The lowest BCUT2D eigenvalue weighted by Gasteiger charge is -2.41. The fourth-order valence-electron chi connectivity index (χ4n) is 6.04.